The minimum absolute atomic E-state index is 0.115. The Balaban J connectivity index is 1.37. The summed E-state index contributed by atoms with van der Waals surface area (Å²) in [7, 11) is 0. The number of amidine groups is 1. The van der Waals surface area contributed by atoms with Gasteiger partial charge in [0.25, 0.3) is 5.91 Å². The zero-order valence-corrected chi connectivity index (χ0v) is 21.4. The second-order valence-corrected chi connectivity index (χ2v) is 11.7. The minimum Gasteiger partial charge on any atom is -0.445 e. The highest BCUT2D eigenvalue weighted by Gasteiger charge is 2.52. The molecule has 0 bridgehead atoms. The maximum Gasteiger partial charge on any atom is 0.410 e. The average molecular weight is 557 g/mol. The van der Waals surface area contributed by atoms with Gasteiger partial charge in [-0.15, -0.1) is 11.3 Å². The summed E-state index contributed by atoms with van der Waals surface area (Å²) in [5.74, 6) is 0.668. The number of carbonyl (C=O) groups is 2. The third-order valence-corrected chi connectivity index (χ3v) is 8.82. The number of thiophene rings is 1. The van der Waals surface area contributed by atoms with Gasteiger partial charge in [0.15, 0.2) is 5.17 Å². The summed E-state index contributed by atoms with van der Waals surface area (Å²) in [6.45, 7) is 1.19. The fraction of sp³-hybridized carbons (Fsp3) is 0.240. The molecule has 1 fully saturated rings. The van der Waals surface area contributed by atoms with Crippen LogP contribution in [0.15, 0.2) is 81.6 Å². The van der Waals surface area contributed by atoms with Gasteiger partial charge in [0.1, 0.15) is 12.1 Å². The monoisotopic (exact) mass is 555 g/mol. The molecule has 2 atom stereocenters. The number of rotatable bonds is 4. The fourth-order valence-electron chi connectivity index (χ4n) is 4.27. The number of benzene rings is 2. The van der Waals surface area contributed by atoms with Crippen molar-refractivity contribution in [3.63, 3.8) is 0 Å². The second-order valence-electron chi connectivity index (χ2n) is 8.19. The van der Waals surface area contributed by atoms with Crippen LogP contribution in [-0.2, 0) is 16.9 Å². The second kappa shape index (κ2) is 9.93. The SMILES string of the molecule is O=C(NC1=N[C@@]2(c3ccc(Br)s3)CN(C(=O)OCc3ccccc3)C[C@H]2CS1)c1ccccc1. The smallest absolute Gasteiger partial charge is 0.410 e. The van der Waals surface area contributed by atoms with Crippen molar-refractivity contribution in [1.29, 1.82) is 0 Å². The summed E-state index contributed by atoms with van der Waals surface area (Å²) in [5, 5.41) is 3.55. The van der Waals surface area contributed by atoms with E-state index in [9.17, 15) is 9.59 Å². The summed E-state index contributed by atoms with van der Waals surface area (Å²) >= 11 is 6.69. The normalized spacial score (nSPS) is 21.5. The van der Waals surface area contributed by atoms with E-state index >= 15 is 0 Å². The molecular formula is C25H22BrN3O3S2. The molecule has 1 saturated heterocycles. The molecule has 6 nitrogen and oxygen atoms in total. The summed E-state index contributed by atoms with van der Waals surface area (Å²) in [5.41, 5.74) is 0.912. The van der Waals surface area contributed by atoms with E-state index in [-0.39, 0.29) is 24.5 Å². The molecule has 9 heteroatoms. The highest BCUT2D eigenvalue weighted by Crippen LogP contribution is 2.48. The molecule has 174 valence electrons. The molecule has 3 aromatic rings. The number of hydrogen-bond acceptors (Lipinski definition) is 6. The average Bonchev–Trinajstić information content (AvgIpc) is 3.48. The quantitative estimate of drug-likeness (QED) is 0.461. The van der Waals surface area contributed by atoms with Gasteiger partial charge < -0.3 is 15.0 Å². The highest BCUT2D eigenvalue weighted by atomic mass is 79.9. The zero-order valence-electron chi connectivity index (χ0n) is 18.1. The molecule has 2 aliphatic heterocycles. The van der Waals surface area contributed by atoms with Gasteiger partial charge in [-0.05, 0) is 45.8 Å². The van der Waals surface area contributed by atoms with Crippen LogP contribution in [0.4, 0.5) is 4.79 Å². The largest absolute Gasteiger partial charge is 0.445 e. The van der Waals surface area contributed by atoms with Crippen molar-refractivity contribution >= 4 is 56.2 Å². The molecule has 0 aliphatic carbocycles. The lowest BCUT2D eigenvalue weighted by Crippen LogP contribution is -2.42. The van der Waals surface area contributed by atoms with Crippen molar-refractivity contribution < 1.29 is 14.3 Å². The lowest BCUT2D eigenvalue weighted by molar-refractivity contribution is 0.0975. The van der Waals surface area contributed by atoms with Crippen molar-refractivity contribution in [2.24, 2.45) is 10.9 Å². The van der Waals surface area contributed by atoms with Crippen LogP contribution in [0.25, 0.3) is 0 Å². The molecule has 2 aliphatic rings. The molecule has 2 aromatic carbocycles. The third-order valence-electron chi connectivity index (χ3n) is 5.99. The lowest BCUT2D eigenvalue weighted by atomic mass is 9.87. The van der Waals surface area contributed by atoms with Gasteiger partial charge in [-0.3, -0.25) is 4.79 Å². The number of nitrogens with zero attached hydrogens (tertiary/aromatic N) is 2. The number of carbonyl (C=O) groups excluding carboxylic acids is 2. The number of fused-ring (bicyclic) bond motifs is 1. The molecule has 1 aromatic heterocycles. The van der Waals surface area contributed by atoms with Crippen LogP contribution in [-0.4, -0.2) is 40.9 Å². The predicted molar refractivity (Wildman–Crippen MR) is 139 cm³/mol. The molecule has 2 amide bonds. The molecule has 1 N–H and O–H groups in total. The van der Waals surface area contributed by atoms with E-state index < -0.39 is 5.54 Å². The number of thioether (sulfide) groups is 1. The fourth-order valence-corrected chi connectivity index (χ4v) is 6.99. The van der Waals surface area contributed by atoms with Crippen molar-refractivity contribution in [2.45, 2.75) is 12.1 Å². The standard InChI is InChI=1S/C25H22BrN3O3S2/c26-21-12-11-20(34-21)25-16-29(24(31)32-14-17-7-3-1-4-8-17)13-19(25)15-33-23(28-25)27-22(30)18-9-5-2-6-10-18/h1-12,19H,13-16H2,(H,27,28,30)/t19-,25-/m0/s1. The zero-order chi connectivity index (χ0) is 23.5. The van der Waals surface area contributed by atoms with Crippen molar-refractivity contribution in [3.05, 3.63) is 92.6 Å². The van der Waals surface area contributed by atoms with Crippen molar-refractivity contribution in [1.82, 2.24) is 10.2 Å². The van der Waals surface area contributed by atoms with Crippen LogP contribution in [0.1, 0.15) is 20.8 Å². The summed E-state index contributed by atoms with van der Waals surface area (Å²) in [6, 6.07) is 22.8. The first kappa shape index (κ1) is 23.1. The van der Waals surface area contributed by atoms with Crippen LogP contribution >= 0.6 is 39.0 Å². The maximum absolute atomic E-state index is 13.0. The van der Waals surface area contributed by atoms with Gasteiger partial charge in [-0.2, -0.15) is 0 Å². The van der Waals surface area contributed by atoms with Gasteiger partial charge in [-0.1, -0.05) is 60.3 Å². The molecule has 0 radical (unpaired) electrons. The van der Waals surface area contributed by atoms with Gasteiger partial charge in [0.05, 0.1) is 10.3 Å². The molecule has 0 saturated carbocycles. The minimum atomic E-state index is -0.618. The summed E-state index contributed by atoms with van der Waals surface area (Å²) in [6.07, 6.45) is -0.344. The van der Waals surface area contributed by atoms with Crippen LogP contribution in [0.5, 0.6) is 0 Å². The Morgan fingerprint density at radius 2 is 1.82 bits per heavy atom. The topological polar surface area (TPSA) is 71.0 Å². The van der Waals surface area contributed by atoms with Crippen LogP contribution in [0.2, 0.25) is 0 Å². The number of nitrogens with one attached hydrogen (secondary N) is 1. The Morgan fingerprint density at radius 1 is 1.09 bits per heavy atom. The van der Waals surface area contributed by atoms with E-state index in [0.717, 1.165) is 20.0 Å². The molecule has 5 rings (SSSR count). The number of halogens is 1. The Kier molecular flexibility index (Phi) is 6.76. The van der Waals surface area contributed by atoms with E-state index in [2.05, 4.69) is 27.3 Å². The van der Waals surface area contributed by atoms with Gasteiger partial charge in [0.2, 0.25) is 0 Å². The first-order chi connectivity index (χ1) is 16.5. The number of hydrogen-bond donors (Lipinski definition) is 1. The number of aliphatic imine (C=N–C) groups is 1. The van der Waals surface area contributed by atoms with E-state index in [1.165, 1.54) is 11.8 Å². The Morgan fingerprint density at radius 3 is 2.53 bits per heavy atom. The van der Waals surface area contributed by atoms with Crippen molar-refractivity contribution in [3.8, 4) is 0 Å². The van der Waals surface area contributed by atoms with Gasteiger partial charge in [-0.25, -0.2) is 9.79 Å². The molecule has 3 heterocycles. The Hall–Kier alpha value is -2.62. The molecule has 0 unspecified atom stereocenters. The first-order valence-electron chi connectivity index (χ1n) is 10.8. The molecule has 34 heavy (non-hydrogen) atoms. The Bertz CT molecular complexity index is 1220. The number of amides is 2. The van der Waals surface area contributed by atoms with Crippen LogP contribution in [0, 0.1) is 5.92 Å². The molecule has 0 spiro atoms. The Labute approximate surface area is 214 Å². The first-order valence-corrected chi connectivity index (χ1v) is 13.4. The van der Waals surface area contributed by atoms with Crippen LogP contribution < -0.4 is 5.32 Å². The predicted octanol–water partition coefficient (Wildman–Crippen LogP) is 5.51. The molecular weight excluding hydrogens is 534 g/mol. The summed E-state index contributed by atoms with van der Waals surface area (Å²) in [4.78, 5) is 33.6. The van der Waals surface area contributed by atoms with Crippen molar-refractivity contribution in [2.75, 3.05) is 18.8 Å². The summed E-state index contributed by atoms with van der Waals surface area (Å²) < 4.78 is 6.61. The van der Waals surface area contributed by atoms with Gasteiger partial charge in [0, 0.05) is 28.7 Å². The third kappa shape index (κ3) is 4.78. The number of likely N-dealkylation sites (tertiary alicyclic amines) is 1. The maximum atomic E-state index is 13.0. The van der Waals surface area contributed by atoms with E-state index in [0.29, 0.717) is 23.8 Å². The number of ether oxygens (including phenoxy) is 1. The van der Waals surface area contributed by atoms with E-state index in [1.807, 2.05) is 54.6 Å². The highest BCUT2D eigenvalue weighted by molar-refractivity contribution is 9.11. The van der Waals surface area contributed by atoms with Gasteiger partial charge >= 0.3 is 6.09 Å². The van der Waals surface area contributed by atoms with E-state index in [4.69, 9.17) is 9.73 Å². The van der Waals surface area contributed by atoms with E-state index in [1.54, 1.807) is 28.4 Å². The lowest BCUT2D eigenvalue weighted by Gasteiger charge is -2.34. The van der Waals surface area contributed by atoms with Crippen LogP contribution in [0.3, 0.4) is 0 Å².